The van der Waals surface area contributed by atoms with Gasteiger partial charge in [-0.05, 0) is 43.0 Å². The molecule has 1 aromatic carbocycles. The number of rotatable bonds is 9. The van der Waals surface area contributed by atoms with Gasteiger partial charge in [0, 0.05) is 19.3 Å². The van der Waals surface area contributed by atoms with Gasteiger partial charge in [0.1, 0.15) is 11.4 Å². The number of carbonyl (C=O) groups excluding carboxylic acids is 1. The number of carboxylic acid groups (broad SMARTS) is 1. The smallest absolute Gasteiger partial charge is 0.308 e. The number of hydrogen-bond donors (Lipinski definition) is 2. The van der Waals surface area contributed by atoms with Crippen molar-refractivity contribution in [3.05, 3.63) is 47.3 Å². The van der Waals surface area contributed by atoms with Gasteiger partial charge in [-0.3, -0.25) is 14.3 Å². The molecule has 2 rings (SSSR count). The van der Waals surface area contributed by atoms with Gasteiger partial charge in [-0.2, -0.15) is 5.10 Å². The summed E-state index contributed by atoms with van der Waals surface area (Å²) in [6.45, 7) is 6.57. The Morgan fingerprint density at radius 3 is 2.44 bits per heavy atom. The third kappa shape index (κ3) is 5.57. The summed E-state index contributed by atoms with van der Waals surface area (Å²) in [6, 6.07) is 9.06. The minimum Gasteiger partial charge on any atom is -0.494 e. The summed E-state index contributed by atoms with van der Waals surface area (Å²) in [7, 11) is 1.79. The lowest BCUT2D eigenvalue weighted by Gasteiger charge is -2.13. The molecule has 0 spiro atoms. The summed E-state index contributed by atoms with van der Waals surface area (Å²) in [6.07, 6.45) is 0.321. The normalized spacial score (nSPS) is 12.0. The van der Waals surface area contributed by atoms with Gasteiger partial charge in [0.25, 0.3) is 5.91 Å². The highest BCUT2D eigenvalue weighted by atomic mass is 16.5. The highest BCUT2D eigenvalue weighted by Crippen LogP contribution is 2.16. The molecule has 0 aliphatic heterocycles. The average Bonchev–Trinajstić information content (AvgIpc) is 3.02. The molecule has 0 aliphatic carbocycles. The van der Waals surface area contributed by atoms with Crippen LogP contribution < -0.4 is 10.1 Å². The Bertz CT molecular complexity index is 781. The molecular formula is C20H27N3O4. The molecule has 1 heterocycles. The van der Waals surface area contributed by atoms with E-state index >= 15 is 0 Å². The maximum Gasteiger partial charge on any atom is 0.308 e. The predicted octanol–water partition coefficient (Wildman–Crippen LogP) is 2.62. The fourth-order valence-electron chi connectivity index (χ4n) is 2.86. The van der Waals surface area contributed by atoms with Crippen molar-refractivity contribution in [1.29, 1.82) is 0 Å². The summed E-state index contributed by atoms with van der Waals surface area (Å²) in [5.74, 6) is -1.04. The molecule has 7 heteroatoms. The van der Waals surface area contributed by atoms with Gasteiger partial charge in [0.15, 0.2) is 0 Å². The molecule has 0 bridgehead atoms. The lowest BCUT2D eigenvalue weighted by Crippen LogP contribution is -2.34. The molecule has 7 nitrogen and oxygen atoms in total. The van der Waals surface area contributed by atoms with E-state index in [1.165, 1.54) is 0 Å². The zero-order chi connectivity index (χ0) is 20.0. The lowest BCUT2D eigenvalue weighted by atomic mass is 9.99. The first-order valence-electron chi connectivity index (χ1n) is 9.08. The van der Waals surface area contributed by atoms with E-state index in [9.17, 15) is 14.7 Å². The molecule has 1 amide bonds. The van der Waals surface area contributed by atoms with E-state index < -0.39 is 11.9 Å². The Kier molecular flexibility index (Phi) is 6.98. The van der Waals surface area contributed by atoms with Crippen molar-refractivity contribution < 1.29 is 19.4 Å². The number of aromatic nitrogens is 2. The highest BCUT2D eigenvalue weighted by Gasteiger charge is 2.21. The van der Waals surface area contributed by atoms with Crippen molar-refractivity contribution in [3.8, 4) is 5.75 Å². The van der Waals surface area contributed by atoms with Crippen LogP contribution in [0.25, 0.3) is 0 Å². The Morgan fingerprint density at radius 1 is 1.26 bits per heavy atom. The van der Waals surface area contributed by atoms with Gasteiger partial charge < -0.3 is 15.2 Å². The van der Waals surface area contributed by atoms with E-state index in [0.29, 0.717) is 18.7 Å². The van der Waals surface area contributed by atoms with Crippen molar-refractivity contribution in [3.63, 3.8) is 0 Å². The summed E-state index contributed by atoms with van der Waals surface area (Å²) in [5, 5.41) is 16.4. The van der Waals surface area contributed by atoms with Crippen LogP contribution in [-0.2, 0) is 18.3 Å². The molecule has 0 fully saturated rings. The standard InChI is InChI=1S/C20H27N3O4/c1-5-27-16-8-6-14(7-9-16)10-15(20(25)26)12-21-19(24)17-11-18(13(2)3)23(4)22-17/h6-9,11,13,15H,5,10,12H2,1-4H3,(H,21,24)(H,25,26). The zero-order valence-electron chi connectivity index (χ0n) is 16.2. The first-order chi connectivity index (χ1) is 12.8. The van der Waals surface area contributed by atoms with Gasteiger partial charge in [-0.15, -0.1) is 0 Å². The first kappa shape index (κ1) is 20.5. The maximum atomic E-state index is 12.3. The summed E-state index contributed by atoms with van der Waals surface area (Å²) >= 11 is 0. The van der Waals surface area contributed by atoms with Gasteiger partial charge in [0.05, 0.1) is 12.5 Å². The molecule has 0 radical (unpaired) electrons. The zero-order valence-corrected chi connectivity index (χ0v) is 16.2. The van der Waals surface area contributed by atoms with Crippen LogP contribution in [-0.4, -0.2) is 39.9 Å². The van der Waals surface area contributed by atoms with E-state index in [-0.39, 0.29) is 18.4 Å². The fraction of sp³-hybridized carbons (Fsp3) is 0.450. The minimum atomic E-state index is -0.951. The second-order valence-electron chi connectivity index (χ2n) is 6.76. The van der Waals surface area contributed by atoms with Crippen LogP contribution in [0.2, 0.25) is 0 Å². The number of aliphatic carboxylic acids is 1. The molecule has 1 aromatic heterocycles. The molecule has 1 unspecified atom stereocenters. The molecule has 146 valence electrons. The molecule has 2 N–H and O–H groups in total. The van der Waals surface area contributed by atoms with E-state index in [0.717, 1.165) is 17.0 Å². The Morgan fingerprint density at radius 2 is 1.93 bits per heavy atom. The number of aryl methyl sites for hydroxylation is 1. The lowest BCUT2D eigenvalue weighted by molar-refractivity contribution is -0.141. The molecule has 0 saturated heterocycles. The summed E-state index contributed by atoms with van der Waals surface area (Å²) < 4.78 is 7.06. The van der Waals surface area contributed by atoms with E-state index in [1.54, 1.807) is 17.8 Å². The topological polar surface area (TPSA) is 93.5 Å². The van der Waals surface area contributed by atoms with Gasteiger partial charge in [-0.25, -0.2) is 0 Å². The maximum absolute atomic E-state index is 12.3. The van der Waals surface area contributed by atoms with Crippen molar-refractivity contribution in [2.45, 2.75) is 33.1 Å². The number of carboxylic acids is 1. The van der Waals surface area contributed by atoms with Crippen LogP contribution in [0.15, 0.2) is 30.3 Å². The average molecular weight is 373 g/mol. The van der Waals surface area contributed by atoms with E-state index in [2.05, 4.69) is 10.4 Å². The fourth-order valence-corrected chi connectivity index (χ4v) is 2.86. The predicted molar refractivity (Wildman–Crippen MR) is 102 cm³/mol. The van der Waals surface area contributed by atoms with Crippen molar-refractivity contribution in [2.24, 2.45) is 13.0 Å². The Labute approximate surface area is 159 Å². The van der Waals surface area contributed by atoms with Gasteiger partial charge in [0.2, 0.25) is 0 Å². The van der Waals surface area contributed by atoms with Crippen molar-refractivity contribution in [2.75, 3.05) is 13.2 Å². The largest absolute Gasteiger partial charge is 0.494 e. The monoisotopic (exact) mass is 373 g/mol. The van der Waals surface area contributed by atoms with Crippen molar-refractivity contribution >= 4 is 11.9 Å². The number of carbonyl (C=O) groups is 2. The van der Waals surface area contributed by atoms with Crippen molar-refractivity contribution in [1.82, 2.24) is 15.1 Å². The number of hydrogen-bond acceptors (Lipinski definition) is 4. The number of benzene rings is 1. The van der Waals surface area contributed by atoms with Gasteiger partial charge >= 0.3 is 5.97 Å². The van der Waals surface area contributed by atoms with Crippen LogP contribution in [0.1, 0.15) is 48.4 Å². The number of nitrogens with one attached hydrogen (secondary N) is 1. The van der Waals surface area contributed by atoms with Gasteiger partial charge in [-0.1, -0.05) is 26.0 Å². The highest BCUT2D eigenvalue weighted by molar-refractivity contribution is 5.92. The molecule has 0 saturated carbocycles. The summed E-state index contributed by atoms with van der Waals surface area (Å²) in [5.41, 5.74) is 2.12. The molecule has 1 atom stereocenters. The third-order valence-corrected chi connectivity index (χ3v) is 4.31. The van der Waals surface area contributed by atoms with Crippen LogP contribution >= 0.6 is 0 Å². The second kappa shape index (κ2) is 9.21. The molecule has 2 aromatic rings. The summed E-state index contributed by atoms with van der Waals surface area (Å²) in [4.78, 5) is 23.9. The third-order valence-electron chi connectivity index (χ3n) is 4.31. The number of ether oxygens (including phenoxy) is 1. The molecule has 27 heavy (non-hydrogen) atoms. The van der Waals surface area contributed by atoms with E-state index in [4.69, 9.17) is 4.74 Å². The second-order valence-corrected chi connectivity index (χ2v) is 6.76. The SMILES string of the molecule is CCOc1ccc(CC(CNC(=O)c2cc(C(C)C)n(C)n2)C(=O)O)cc1. The Hall–Kier alpha value is -2.83. The first-order valence-corrected chi connectivity index (χ1v) is 9.08. The quantitative estimate of drug-likeness (QED) is 0.705. The minimum absolute atomic E-state index is 0.0367. The molecule has 0 aliphatic rings. The van der Waals surface area contributed by atoms with Crippen LogP contribution in [0.3, 0.4) is 0 Å². The molecular weight excluding hydrogens is 346 g/mol. The Balaban J connectivity index is 1.98. The van der Waals surface area contributed by atoms with Crippen LogP contribution in [0.5, 0.6) is 5.75 Å². The number of nitrogens with zero attached hydrogens (tertiary/aromatic N) is 2. The van der Waals surface area contributed by atoms with Crippen LogP contribution in [0, 0.1) is 5.92 Å². The van der Waals surface area contributed by atoms with Crippen LogP contribution in [0.4, 0.5) is 0 Å². The number of amides is 1. The van der Waals surface area contributed by atoms with E-state index in [1.807, 2.05) is 45.0 Å².